The standard InChI is InChI=1S/C40H38Cl2F3N3O7/c41-31-19-48(51)20-32(42)30(31)18-34(26-8-11-33(55-40(44)45)35(17-26)52-22-23-4-5-23)53-38(49)27-2-1-3-29(16-27)46-37(25-6-9-28(43)10-7-25)39(50)54-36-21-47-14-12-24(36)13-15-47/h1-3,6-11,16-17,19-20,23-24,34,36-37,40,46H,4-5,12-15,18,21-22H2/t34?,36-,37?/m0/s1. The van der Waals surface area contributed by atoms with Crippen LogP contribution in [0.25, 0.3) is 0 Å². The number of hydrogen-bond donors (Lipinski definition) is 1. The Balaban J connectivity index is 1.15. The van der Waals surface area contributed by atoms with Gasteiger partial charge in [0.15, 0.2) is 29.9 Å². The van der Waals surface area contributed by atoms with Crippen molar-refractivity contribution in [3.63, 3.8) is 0 Å². The lowest BCUT2D eigenvalue weighted by atomic mass is 9.86. The minimum Gasteiger partial charge on any atom is -0.619 e. The Morgan fingerprint density at radius 3 is 2.29 bits per heavy atom. The first-order chi connectivity index (χ1) is 26.5. The topological polar surface area (TPSA) is 113 Å². The molecule has 290 valence electrons. The Bertz CT molecular complexity index is 1990. The summed E-state index contributed by atoms with van der Waals surface area (Å²) in [5.74, 6) is -1.36. The summed E-state index contributed by atoms with van der Waals surface area (Å²) in [5, 5.41) is 15.2. The number of hydrogen-bond acceptors (Lipinski definition) is 9. The maximum absolute atomic E-state index is 13.9. The summed E-state index contributed by atoms with van der Waals surface area (Å²) in [5.41, 5.74) is 1.61. The zero-order chi connectivity index (χ0) is 38.6. The van der Waals surface area contributed by atoms with E-state index in [4.69, 9.17) is 42.1 Å². The lowest BCUT2D eigenvalue weighted by Gasteiger charge is -2.44. The zero-order valence-corrected chi connectivity index (χ0v) is 31.0. The fraction of sp³-hybridized carbons (Fsp3) is 0.375. The number of nitrogens with one attached hydrogen (secondary N) is 1. The lowest BCUT2D eigenvalue weighted by Crippen LogP contribution is -2.52. The van der Waals surface area contributed by atoms with Crippen LogP contribution < -0.4 is 19.5 Å². The summed E-state index contributed by atoms with van der Waals surface area (Å²) in [6, 6.07) is 15.0. The van der Waals surface area contributed by atoms with E-state index >= 15 is 0 Å². The molecule has 4 heterocycles. The molecule has 0 radical (unpaired) electrons. The summed E-state index contributed by atoms with van der Waals surface area (Å²) in [6.45, 7) is -0.210. The second kappa shape index (κ2) is 17.0. The molecular weight excluding hydrogens is 762 g/mol. The molecule has 4 aromatic rings. The van der Waals surface area contributed by atoms with Crippen molar-refractivity contribution in [3.05, 3.63) is 122 Å². The van der Waals surface area contributed by atoms with Crippen LogP contribution in [0.5, 0.6) is 11.5 Å². The molecule has 3 aliphatic heterocycles. The van der Waals surface area contributed by atoms with Gasteiger partial charge in [-0.25, -0.2) is 14.0 Å². The van der Waals surface area contributed by atoms with Crippen molar-refractivity contribution in [1.29, 1.82) is 0 Å². The van der Waals surface area contributed by atoms with E-state index in [0.717, 1.165) is 51.2 Å². The highest BCUT2D eigenvalue weighted by Crippen LogP contribution is 2.38. The second-order valence-electron chi connectivity index (χ2n) is 14.1. The van der Waals surface area contributed by atoms with Crippen molar-refractivity contribution in [2.45, 2.75) is 57.0 Å². The Kier molecular flexibility index (Phi) is 11.9. The largest absolute Gasteiger partial charge is 0.619 e. The van der Waals surface area contributed by atoms with E-state index in [1.807, 2.05) is 0 Å². The van der Waals surface area contributed by atoms with Crippen LogP contribution in [0.1, 0.15) is 64.9 Å². The molecule has 0 spiro atoms. The lowest BCUT2D eigenvalue weighted by molar-refractivity contribution is -0.605. The number of ether oxygens (including phenoxy) is 4. The molecule has 8 rings (SSSR count). The van der Waals surface area contributed by atoms with Gasteiger partial charge in [0.1, 0.15) is 28.1 Å². The molecule has 55 heavy (non-hydrogen) atoms. The van der Waals surface area contributed by atoms with Crippen molar-refractivity contribution in [2.75, 3.05) is 31.6 Å². The Morgan fingerprint density at radius 1 is 0.927 bits per heavy atom. The van der Waals surface area contributed by atoms with Crippen LogP contribution in [0.3, 0.4) is 0 Å². The van der Waals surface area contributed by atoms with E-state index in [1.165, 1.54) is 54.6 Å². The molecule has 3 aromatic carbocycles. The number of carbonyl (C=O) groups is 2. The Labute approximate surface area is 325 Å². The van der Waals surface area contributed by atoms with Crippen LogP contribution in [-0.2, 0) is 20.7 Å². The first-order valence-corrected chi connectivity index (χ1v) is 18.8. The summed E-state index contributed by atoms with van der Waals surface area (Å²) < 4.78 is 63.6. The van der Waals surface area contributed by atoms with Gasteiger partial charge in [0.05, 0.1) is 12.2 Å². The second-order valence-corrected chi connectivity index (χ2v) is 14.9. The number of fused-ring (bicyclic) bond motifs is 3. The van der Waals surface area contributed by atoms with Gasteiger partial charge in [0, 0.05) is 24.2 Å². The highest BCUT2D eigenvalue weighted by Gasteiger charge is 2.38. The molecule has 2 unspecified atom stereocenters. The molecule has 1 aromatic heterocycles. The normalized spacial score (nSPS) is 20.1. The third-order valence-corrected chi connectivity index (χ3v) is 10.8. The van der Waals surface area contributed by atoms with Crippen LogP contribution in [0, 0.1) is 22.9 Å². The number of nitrogens with zero attached hydrogens (tertiary/aromatic N) is 2. The summed E-state index contributed by atoms with van der Waals surface area (Å²) in [6.07, 6.45) is 4.55. The van der Waals surface area contributed by atoms with E-state index in [1.54, 1.807) is 12.1 Å². The van der Waals surface area contributed by atoms with Gasteiger partial charge < -0.3 is 29.5 Å². The van der Waals surface area contributed by atoms with Crippen LogP contribution in [0.15, 0.2) is 79.1 Å². The van der Waals surface area contributed by atoms with Gasteiger partial charge in [-0.2, -0.15) is 13.5 Å². The SMILES string of the molecule is O=C(OC(Cc1c(Cl)c[n+]([O-])cc1Cl)c1ccc(OC(F)F)c(OCC2CC2)c1)c1cccc(NC(C(=O)O[C@H]2CN3CCC2CC3)c2ccc(F)cc2)c1. The third-order valence-electron chi connectivity index (χ3n) is 10.1. The van der Waals surface area contributed by atoms with Gasteiger partial charge in [-0.15, -0.1) is 0 Å². The predicted octanol–water partition coefficient (Wildman–Crippen LogP) is 8.09. The molecule has 3 saturated heterocycles. The number of aromatic nitrogens is 1. The molecule has 1 aliphatic carbocycles. The van der Waals surface area contributed by atoms with Gasteiger partial charge in [0.2, 0.25) is 0 Å². The quantitative estimate of drug-likeness (QED) is 0.0725. The summed E-state index contributed by atoms with van der Waals surface area (Å²) in [7, 11) is 0. The maximum Gasteiger partial charge on any atom is 0.387 e. The zero-order valence-electron chi connectivity index (χ0n) is 29.5. The number of alkyl halides is 2. The molecule has 0 amide bonds. The summed E-state index contributed by atoms with van der Waals surface area (Å²) in [4.78, 5) is 29.9. The number of anilines is 1. The van der Waals surface area contributed by atoms with Crippen LogP contribution in [0.2, 0.25) is 10.0 Å². The molecule has 1 N–H and O–H groups in total. The minimum atomic E-state index is -3.10. The number of piperidine rings is 3. The Morgan fingerprint density at radius 2 is 1.64 bits per heavy atom. The highest BCUT2D eigenvalue weighted by molar-refractivity contribution is 6.35. The molecule has 4 aliphatic rings. The number of benzene rings is 3. The smallest absolute Gasteiger partial charge is 0.387 e. The van der Waals surface area contributed by atoms with Crippen LogP contribution in [-0.4, -0.2) is 55.8 Å². The average Bonchev–Trinajstić information content (AvgIpc) is 4.00. The van der Waals surface area contributed by atoms with Crippen LogP contribution >= 0.6 is 23.2 Å². The first-order valence-electron chi connectivity index (χ1n) is 18.0. The predicted molar refractivity (Wildman–Crippen MR) is 197 cm³/mol. The molecule has 1 saturated carbocycles. The van der Waals surface area contributed by atoms with Gasteiger partial charge in [-0.1, -0.05) is 47.5 Å². The van der Waals surface area contributed by atoms with Crippen molar-refractivity contribution in [1.82, 2.24) is 4.90 Å². The van der Waals surface area contributed by atoms with Crippen molar-refractivity contribution >= 4 is 40.8 Å². The molecule has 10 nitrogen and oxygen atoms in total. The van der Waals surface area contributed by atoms with E-state index in [-0.39, 0.29) is 45.6 Å². The van der Waals surface area contributed by atoms with Gasteiger partial charge in [-0.05, 0) is 104 Å². The fourth-order valence-corrected chi connectivity index (χ4v) is 7.56. The van der Waals surface area contributed by atoms with Crippen molar-refractivity contribution in [3.8, 4) is 11.5 Å². The fourth-order valence-electron chi connectivity index (χ4n) is 6.96. The highest BCUT2D eigenvalue weighted by atomic mass is 35.5. The van der Waals surface area contributed by atoms with Crippen molar-refractivity contribution < 1.29 is 46.4 Å². The van der Waals surface area contributed by atoms with E-state index < -0.39 is 36.5 Å². The Hall–Kier alpha value is -4.72. The molecule has 15 heteroatoms. The number of halogens is 5. The van der Waals surface area contributed by atoms with Crippen LogP contribution in [0.4, 0.5) is 18.9 Å². The van der Waals surface area contributed by atoms with Gasteiger partial charge in [-0.3, -0.25) is 4.90 Å². The molecular formula is C40H38Cl2F3N3O7. The maximum atomic E-state index is 13.9. The minimum absolute atomic E-state index is 0.0228. The first kappa shape index (κ1) is 38.6. The van der Waals surface area contributed by atoms with Gasteiger partial charge in [0.25, 0.3) is 0 Å². The number of esters is 2. The molecule has 2 bridgehead atoms. The van der Waals surface area contributed by atoms with E-state index in [9.17, 15) is 28.0 Å². The summed E-state index contributed by atoms with van der Waals surface area (Å²) >= 11 is 12.8. The van der Waals surface area contributed by atoms with Crippen molar-refractivity contribution in [2.24, 2.45) is 11.8 Å². The molecule has 4 fully saturated rings. The third kappa shape index (κ3) is 9.75. The monoisotopic (exact) mass is 799 g/mol. The molecule has 3 atom stereocenters. The van der Waals surface area contributed by atoms with E-state index in [2.05, 4.69) is 10.2 Å². The number of pyridine rings is 1. The number of carbonyl (C=O) groups excluding carboxylic acids is 2. The van der Waals surface area contributed by atoms with Gasteiger partial charge >= 0.3 is 18.6 Å². The average molecular weight is 801 g/mol. The number of rotatable bonds is 15. The van der Waals surface area contributed by atoms with E-state index in [0.29, 0.717) is 46.2 Å².